The minimum Gasteiger partial charge on any atom is -0.356 e. The maximum absolute atomic E-state index is 12.5. The number of carbonyl (C=O) groups is 2. The first-order chi connectivity index (χ1) is 65.4. The van der Waals surface area contributed by atoms with Crippen molar-refractivity contribution in [1.29, 1.82) is 0 Å². The van der Waals surface area contributed by atoms with Crippen molar-refractivity contribution in [3.63, 3.8) is 0 Å². The average molecular weight is 1890 g/mol. The van der Waals surface area contributed by atoms with Crippen LogP contribution in [0.25, 0.3) is 39.5 Å². The zero-order chi connectivity index (χ0) is 93.2. The number of nitrogens with zero attached hydrogens (tertiary/aromatic N) is 27. The molecule has 684 valence electrons. The van der Waals surface area contributed by atoms with E-state index in [9.17, 15) is 18.0 Å². The van der Waals surface area contributed by atoms with Crippen LogP contribution in [0.5, 0.6) is 0 Å². The van der Waals surface area contributed by atoms with Gasteiger partial charge in [-0.05, 0) is 153 Å². The van der Waals surface area contributed by atoms with E-state index in [1.807, 2.05) is 211 Å². The van der Waals surface area contributed by atoms with Crippen molar-refractivity contribution in [2.45, 2.75) is 122 Å². The summed E-state index contributed by atoms with van der Waals surface area (Å²) in [5.74, 6) is 8.68. The Kier molecular flexibility index (Phi) is 26.2. The molecule has 1 aliphatic heterocycles. The predicted molar refractivity (Wildman–Crippen MR) is 511 cm³/mol. The summed E-state index contributed by atoms with van der Waals surface area (Å²) in [4.78, 5) is 77.4. The van der Waals surface area contributed by atoms with E-state index in [-0.39, 0.29) is 22.8 Å². The summed E-state index contributed by atoms with van der Waals surface area (Å²) in [6, 6.07) is 51.4. The third-order valence-electron chi connectivity index (χ3n) is 20.2. The number of aryl methyl sites for hydroxylation is 8. The van der Waals surface area contributed by atoms with Crippen molar-refractivity contribution in [2.75, 3.05) is 59.9 Å². The topological polar surface area (TPSA) is 531 Å². The second-order valence-corrected chi connectivity index (χ2v) is 36.1. The van der Waals surface area contributed by atoms with Crippen LogP contribution in [0.15, 0.2) is 236 Å². The van der Waals surface area contributed by atoms with Crippen LogP contribution in [0.4, 0.5) is 81.7 Å². The smallest absolute Gasteiger partial charge is 0.279 e. The first-order valence-electron chi connectivity index (χ1n) is 42.4. The molecule has 135 heavy (non-hydrogen) atoms. The van der Waals surface area contributed by atoms with Gasteiger partial charge < -0.3 is 46.7 Å². The van der Waals surface area contributed by atoms with E-state index >= 15 is 0 Å². The van der Waals surface area contributed by atoms with Crippen LogP contribution in [-0.2, 0) is 26.7 Å². The Morgan fingerprint density at radius 3 is 1.33 bits per heavy atom. The quantitative estimate of drug-likeness (QED) is 0.0250. The SMILES string of the molecule is CC(=O)Nc1ccc(Sc2cc3nc(C)nn3c(Nc3cc(C)[nH]n3)n2)cc1.Cc1cc(Nc2nc(-c3ccccc3)cc3ncnn23)n[nH]1.Cc1cc(Nc2nc(N3CCCCC3)cc3ncnn23)n[nH]1.Cc1cc(Nc2nc(Sc3ccc(NS(=O)(=O)c4cncn4C)cc3)cc3nccn23)n[nH]1.Cc1nc2cc(Sc3ccc(NC(=O)C4CC4)cc3)nc(Nc3cc(C)[nH]n3)n2n1. The van der Waals surface area contributed by atoms with Gasteiger partial charge in [0.25, 0.3) is 10.0 Å². The predicted octanol–water partition coefficient (Wildman–Crippen LogP) is 14.7. The third kappa shape index (κ3) is 22.4. The fourth-order valence-electron chi connectivity index (χ4n) is 13.9. The van der Waals surface area contributed by atoms with Gasteiger partial charge in [0.15, 0.2) is 56.7 Å². The second kappa shape index (κ2) is 39.7. The number of H-pyrrole nitrogens is 5. The molecule has 4 aromatic carbocycles. The van der Waals surface area contributed by atoms with Gasteiger partial charge >= 0.3 is 0 Å². The number of rotatable bonds is 24. The highest BCUT2D eigenvalue weighted by Gasteiger charge is 2.30. The van der Waals surface area contributed by atoms with Gasteiger partial charge in [-0.2, -0.15) is 67.2 Å². The highest BCUT2D eigenvalue weighted by Crippen LogP contribution is 2.36. The molecule has 0 atom stereocenters. The van der Waals surface area contributed by atoms with Gasteiger partial charge in [-0.3, -0.25) is 44.2 Å². The maximum atomic E-state index is 12.5. The monoisotopic (exact) mass is 1880 g/mol. The van der Waals surface area contributed by atoms with Gasteiger partial charge in [0, 0.05) is 172 Å². The Balaban J connectivity index is 0.000000114. The molecule has 16 aromatic heterocycles. The summed E-state index contributed by atoms with van der Waals surface area (Å²) in [6.45, 7) is 16.9. The molecular weight excluding hydrogens is 1800 g/mol. The maximum Gasteiger partial charge on any atom is 0.279 e. The molecule has 20 aromatic rings. The number of hydrogen-bond acceptors (Lipinski definition) is 33. The van der Waals surface area contributed by atoms with E-state index in [0.717, 1.165) is 135 Å². The van der Waals surface area contributed by atoms with Crippen LogP contribution >= 0.6 is 35.3 Å². The van der Waals surface area contributed by atoms with E-state index < -0.39 is 10.0 Å². The number of hydrogen-bond donors (Lipinski definition) is 13. The number of imidazole rings is 2. The van der Waals surface area contributed by atoms with Crippen molar-refractivity contribution in [2.24, 2.45) is 13.0 Å². The summed E-state index contributed by atoms with van der Waals surface area (Å²) in [5, 5.41) is 76.7. The van der Waals surface area contributed by atoms with Gasteiger partial charge in [-0.15, -0.1) is 10.2 Å². The zero-order valence-electron chi connectivity index (χ0n) is 73.9. The van der Waals surface area contributed by atoms with Gasteiger partial charge in [0.2, 0.25) is 41.6 Å². The molecule has 13 N–H and O–H groups in total. The summed E-state index contributed by atoms with van der Waals surface area (Å²) < 4.78 is 37.6. The highest BCUT2D eigenvalue weighted by molar-refractivity contribution is 7.99. The van der Waals surface area contributed by atoms with E-state index in [0.29, 0.717) is 81.6 Å². The molecule has 0 spiro atoms. The Hall–Kier alpha value is -16.5. The molecule has 44 nitrogen and oxygen atoms in total. The number of anilines is 14. The molecule has 1 saturated carbocycles. The first-order valence-corrected chi connectivity index (χ1v) is 46.3. The lowest BCUT2D eigenvalue weighted by Crippen LogP contribution is -2.30. The lowest BCUT2D eigenvalue weighted by Gasteiger charge is -2.27. The molecule has 1 aliphatic carbocycles. The number of sulfonamides is 1. The fraction of sp³-hybridized carbons (Fsp3) is 0.195. The number of aromatic amines is 5. The zero-order valence-corrected chi connectivity index (χ0v) is 77.2. The standard InChI is InChI=1S/C20H19N9O2S2.C20H20N8OS.C18H18N8OS.C15H13N7.C14H18N8/c1-13-9-16(26-25-13)23-20-24-18(10-17-22-7-8-29(17)20)32-15-5-3-14(4-6-15)27-33(30,31)19-11-21-12-28(19)2;1-11-9-16(26-25-11)23-20-24-18(10-17-21-12(2)27-28(17)20)30-15-7-5-14(6-8-15)22-19(29)13-3-4-13;1-10-8-15(24-23-10)21-18-22-17(9-16-19-11(2)25-26(16)18)28-14-6-4-13(5-7-14)20-12(3)27;1-10-7-13(21-20-10)19-15-18-12(11-5-3-2-4-6-11)8-14-16-9-17-22(14)15;1-10-7-11(20-19-10)17-14-18-13(21-5-3-2-4-6-21)8-12-15-9-16-22(12)14/h3-12,27H,1-2H3,(H2,23,24,25,26);5-10,13H,3-4H2,1-2H3,(H,22,29)(H2,23,24,25,26);4-9H,1-3H3,(H,20,27)(H2,21,22,23,24);2-9H,1H3,(H2,18,19,20,21);7-9H,2-6H2,1H3,(H2,17,18,19,20). The number of fused-ring (bicyclic) bond motifs is 5. The number of piperidine rings is 1. The van der Waals surface area contributed by atoms with Gasteiger partial charge in [-0.25, -0.2) is 49.8 Å². The van der Waals surface area contributed by atoms with Crippen LogP contribution in [-0.4, -0.2) is 187 Å². The summed E-state index contributed by atoms with van der Waals surface area (Å²) in [5.41, 5.74) is 12.3. The molecule has 17 heterocycles. The normalized spacial score (nSPS) is 12.4. The Bertz CT molecular complexity index is 7690. The molecule has 0 unspecified atom stereocenters. The van der Waals surface area contributed by atoms with Gasteiger partial charge in [0.1, 0.15) is 50.8 Å². The van der Waals surface area contributed by atoms with Crippen molar-refractivity contribution in [3.8, 4) is 11.3 Å². The van der Waals surface area contributed by atoms with Crippen LogP contribution < -0.4 is 46.8 Å². The molecule has 22 rings (SSSR count). The lowest BCUT2D eigenvalue weighted by atomic mass is 10.1. The number of amides is 2. The second-order valence-electron chi connectivity index (χ2n) is 31.2. The largest absolute Gasteiger partial charge is 0.356 e. The Morgan fingerprint density at radius 1 is 0.444 bits per heavy atom. The summed E-state index contributed by atoms with van der Waals surface area (Å²) >= 11 is 4.45. The molecule has 0 bridgehead atoms. The number of aromatic nitrogens is 31. The minimum absolute atomic E-state index is 0.0882. The third-order valence-corrected chi connectivity index (χ3v) is 24.5. The fourth-order valence-corrected chi connectivity index (χ4v) is 17.5. The van der Waals surface area contributed by atoms with E-state index in [4.69, 9.17) is 15.0 Å². The number of nitrogens with one attached hydrogen (secondary N) is 13. The van der Waals surface area contributed by atoms with Crippen LogP contribution in [0.1, 0.15) is 79.1 Å². The van der Waals surface area contributed by atoms with E-state index in [2.05, 4.69) is 158 Å². The van der Waals surface area contributed by atoms with E-state index in [1.54, 1.807) is 43.4 Å². The van der Waals surface area contributed by atoms with Crippen molar-refractivity contribution in [3.05, 3.63) is 241 Å². The molecule has 48 heteroatoms. The molecule has 2 aliphatic rings. The molecule has 0 radical (unpaired) electrons. The lowest BCUT2D eigenvalue weighted by molar-refractivity contribution is -0.117. The average Bonchev–Trinajstić information content (AvgIpc) is 1.56. The van der Waals surface area contributed by atoms with Crippen LogP contribution in [0.3, 0.4) is 0 Å². The first kappa shape index (κ1) is 89.1. The van der Waals surface area contributed by atoms with Gasteiger partial charge in [-0.1, -0.05) is 65.6 Å². The van der Waals surface area contributed by atoms with Gasteiger partial charge in [0.05, 0.1) is 18.2 Å². The molecular formula is C87H88N40O4S4. The highest BCUT2D eigenvalue weighted by atomic mass is 32.2. The van der Waals surface area contributed by atoms with Crippen LogP contribution in [0, 0.1) is 54.4 Å². The summed E-state index contributed by atoms with van der Waals surface area (Å²) in [6.07, 6.45) is 15.0. The Labute approximate surface area is 781 Å². The number of benzene rings is 4. The van der Waals surface area contributed by atoms with Crippen molar-refractivity contribution >= 4 is 167 Å². The van der Waals surface area contributed by atoms with Crippen molar-refractivity contribution < 1.29 is 18.0 Å². The van der Waals surface area contributed by atoms with Crippen molar-refractivity contribution in [1.82, 2.24) is 153 Å². The minimum atomic E-state index is -3.72. The molecule has 2 amide bonds. The number of carbonyl (C=O) groups excluding carboxylic acids is 2. The molecule has 1 saturated heterocycles. The van der Waals surface area contributed by atoms with Crippen LogP contribution in [0.2, 0.25) is 0 Å². The molecule has 2 fully saturated rings. The van der Waals surface area contributed by atoms with E-state index in [1.165, 1.54) is 91.2 Å². The summed E-state index contributed by atoms with van der Waals surface area (Å²) in [7, 11) is -2.09. The Morgan fingerprint density at radius 2 is 0.881 bits per heavy atom.